The van der Waals surface area contributed by atoms with Crippen molar-refractivity contribution in [1.29, 1.82) is 10.5 Å². The van der Waals surface area contributed by atoms with Crippen LogP contribution in [-0.4, -0.2) is 24.9 Å². The van der Waals surface area contributed by atoms with E-state index in [0.29, 0.717) is 5.56 Å². The molecule has 1 aromatic rings. The van der Waals surface area contributed by atoms with E-state index in [4.69, 9.17) is 10.5 Å². The Hall–Kier alpha value is -2.59. The van der Waals surface area contributed by atoms with Gasteiger partial charge in [-0.15, -0.1) is 0 Å². The molecule has 4 nitrogen and oxygen atoms in total. The quantitative estimate of drug-likeness (QED) is 0.721. The van der Waals surface area contributed by atoms with Gasteiger partial charge in [-0.25, -0.2) is 0 Å². The third kappa shape index (κ3) is 3.19. The van der Waals surface area contributed by atoms with Gasteiger partial charge in [0.2, 0.25) is 0 Å². The molecule has 0 atom stereocenters. The smallest absolute Gasteiger partial charge is 0.253 e. The summed E-state index contributed by atoms with van der Waals surface area (Å²) in [7, 11) is 3.36. The number of carbonyl (C=O) groups is 1. The first-order chi connectivity index (χ1) is 8.08. The highest BCUT2D eigenvalue weighted by molar-refractivity contribution is 5.94. The monoisotopic (exact) mass is 225 g/mol. The van der Waals surface area contributed by atoms with E-state index in [1.165, 1.54) is 11.0 Å². The number of nitriles is 2. The predicted octanol–water partition coefficient (Wildman–Crippen LogP) is 1.82. The zero-order chi connectivity index (χ0) is 12.8. The minimum atomic E-state index is -0.0821. The van der Waals surface area contributed by atoms with Crippen LogP contribution in [0.25, 0.3) is 6.08 Å². The molecule has 4 heteroatoms. The SMILES string of the molecule is CN(C)C(=O)c1ccc(C=C(C#N)C#N)cc1. The van der Waals surface area contributed by atoms with Crippen molar-refractivity contribution in [2.75, 3.05) is 14.1 Å². The third-order valence-electron chi connectivity index (χ3n) is 2.12. The average Bonchev–Trinajstić information content (AvgIpc) is 2.35. The van der Waals surface area contributed by atoms with Crippen LogP contribution in [0.2, 0.25) is 0 Å². The summed E-state index contributed by atoms with van der Waals surface area (Å²) in [5.74, 6) is -0.0821. The lowest BCUT2D eigenvalue weighted by Crippen LogP contribution is -2.21. The number of hydrogen-bond acceptors (Lipinski definition) is 3. The Bertz CT molecular complexity index is 511. The molecular weight excluding hydrogens is 214 g/mol. The summed E-state index contributed by atoms with van der Waals surface area (Å²) >= 11 is 0. The summed E-state index contributed by atoms with van der Waals surface area (Å²) in [4.78, 5) is 13.1. The maximum atomic E-state index is 11.6. The van der Waals surface area contributed by atoms with Gasteiger partial charge in [0.05, 0.1) is 0 Å². The second-order valence-electron chi connectivity index (χ2n) is 3.60. The molecule has 0 saturated carbocycles. The Morgan fingerprint density at radius 1 is 1.18 bits per heavy atom. The molecule has 0 fully saturated rings. The first-order valence-electron chi connectivity index (χ1n) is 4.92. The van der Waals surface area contributed by atoms with Gasteiger partial charge in [-0.05, 0) is 23.8 Å². The maximum Gasteiger partial charge on any atom is 0.253 e. The standard InChI is InChI=1S/C13H11N3O/c1-16(2)13(17)12-5-3-10(4-6-12)7-11(8-14)9-15/h3-7H,1-2H3. The molecule has 0 saturated heterocycles. The van der Waals surface area contributed by atoms with Gasteiger partial charge in [0.1, 0.15) is 17.7 Å². The predicted molar refractivity (Wildman–Crippen MR) is 63.7 cm³/mol. The molecule has 0 N–H and O–H groups in total. The lowest BCUT2D eigenvalue weighted by Gasteiger charge is -2.09. The van der Waals surface area contributed by atoms with Gasteiger partial charge < -0.3 is 4.90 Å². The van der Waals surface area contributed by atoms with Crippen LogP contribution in [0.3, 0.4) is 0 Å². The van der Waals surface area contributed by atoms with E-state index in [1.54, 1.807) is 50.5 Å². The van der Waals surface area contributed by atoms with Crippen molar-refractivity contribution >= 4 is 12.0 Å². The molecule has 0 unspecified atom stereocenters. The molecule has 17 heavy (non-hydrogen) atoms. The molecule has 1 rings (SSSR count). The Kier molecular flexibility index (Phi) is 4.02. The van der Waals surface area contributed by atoms with Gasteiger partial charge in [0.15, 0.2) is 0 Å². The second kappa shape index (κ2) is 5.48. The normalized spacial score (nSPS) is 8.71. The van der Waals surface area contributed by atoms with E-state index in [9.17, 15) is 4.79 Å². The van der Waals surface area contributed by atoms with Crippen molar-refractivity contribution in [1.82, 2.24) is 4.90 Å². The summed E-state index contributed by atoms with van der Waals surface area (Å²) in [6.07, 6.45) is 1.48. The van der Waals surface area contributed by atoms with Crippen LogP contribution >= 0.6 is 0 Å². The van der Waals surface area contributed by atoms with E-state index < -0.39 is 0 Å². The molecule has 0 radical (unpaired) electrons. The van der Waals surface area contributed by atoms with Gasteiger partial charge in [-0.2, -0.15) is 10.5 Å². The Labute approximate surface area is 100 Å². The first-order valence-corrected chi connectivity index (χ1v) is 4.92. The minimum absolute atomic E-state index is 0.0386. The first kappa shape index (κ1) is 12.5. The van der Waals surface area contributed by atoms with E-state index >= 15 is 0 Å². The molecular formula is C13H11N3O. The van der Waals surface area contributed by atoms with Gasteiger partial charge in [-0.1, -0.05) is 12.1 Å². The summed E-state index contributed by atoms with van der Waals surface area (Å²) in [5.41, 5.74) is 1.33. The van der Waals surface area contributed by atoms with Gasteiger partial charge in [-0.3, -0.25) is 4.79 Å². The van der Waals surface area contributed by atoms with Crippen LogP contribution in [0.5, 0.6) is 0 Å². The summed E-state index contributed by atoms with van der Waals surface area (Å²) < 4.78 is 0. The average molecular weight is 225 g/mol. The lowest BCUT2D eigenvalue weighted by molar-refractivity contribution is 0.0827. The molecule has 1 amide bonds. The van der Waals surface area contributed by atoms with E-state index in [2.05, 4.69) is 0 Å². The van der Waals surface area contributed by atoms with Crippen LogP contribution in [0.15, 0.2) is 29.8 Å². The molecule has 0 bridgehead atoms. The van der Waals surface area contributed by atoms with Crippen molar-refractivity contribution in [2.45, 2.75) is 0 Å². The lowest BCUT2D eigenvalue weighted by atomic mass is 10.1. The summed E-state index contributed by atoms with van der Waals surface area (Å²) in [5, 5.41) is 17.2. The number of nitrogens with zero attached hydrogens (tertiary/aromatic N) is 3. The molecule has 0 aliphatic carbocycles. The Balaban J connectivity index is 2.98. The Morgan fingerprint density at radius 2 is 1.71 bits per heavy atom. The van der Waals surface area contributed by atoms with Gasteiger partial charge in [0.25, 0.3) is 5.91 Å². The van der Waals surface area contributed by atoms with Crippen molar-refractivity contribution < 1.29 is 4.79 Å². The molecule has 0 aliphatic heterocycles. The van der Waals surface area contributed by atoms with E-state index in [-0.39, 0.29) is 11.5 Å². The summed E-state index contributed by atoms with van der Waals surface area (Å²) in [6.45, 7) is 0. The van der Waals surface area contributed by atoms with Gasteiger partial charge >= 0.3 is 0 Å². The topological polar surface area (TPSA) is 67.9 Å². The maximum absolute atomic E-state index is 11.6. The number of benzene rings is 1. The number of carbonyl (C=O) groups excluding carboxylic acids is 1. The minimum Gasteiger partial charge on any atom is -0.345 e. The fourth-order valence-electron chi connectivity index (χ4n) is 1.24. The van der Waals surface area contributed by atoms with Crippen LogP contribution in [-0.2, 0) is 0 Å². The zero-order valence-corrected chi connectivity index (χ0v) is 9.64. The molecule has 1 aromatic carbocycles. The molecule has 0 heterocycles. The van der Waals surface area contributed by atoms with Crippen LogP contribution in [0.4, 0.5) is 0 Å². The Morgan fingerprint density at radius 3 is 2.12 bits per heavy atom. The van der Waals surface area contributed by atoms with Crippen LogP contribution < -0.4 is 0 Å². The highest BCUT2D eigenvalue weighted by atomic mass is 16.2. The van der Waals surface area contributed by atoms with Crippen molar-refractivity contribution in [2.24, 2.45) is 0 Å². The fraction of sp³-hybridized carbons (Fsp3) is 0.154. The van der Waals surface area contributed by atoms with Gasteiger partial charge in [0, 0.05) is 19.7 Å². The fourth-order valence-corrected chi connectivity index (χ4v) is 1.24. The molecule has 84 valence electrons. The van der Waals surface area contributed by atoms with Crippen molar-refractivity contribution in [3.63, 3.8) is 0 Å². The number of allylic oxidation sites excluding steroid dienone is 1. The highest BCUT2D eigenvalue weighted by Crippen LogP contribution is 2.09. The van der Waals surface area contributed by atoms with Crippen LogP contribution in [0.1, 0.15) is 15.9 Å². The van der Waals surface area contributed by atoms with E-state index in [1.807, 2.05) is 0 Å². The number of hydrogen-bond donors (Lipinski definition) is 0. The van der Waals surface area contributed by atoms with Crippen molar-refractivity contribution in [3.05, 3.63) is 41.0 Å². The molecule has 0 aliphatic rings. The van der Waals surface area contributed by atoms with Crippen molar-refractivity contribution in [3.8, 4) is 12.1 Å². The third-order valence-corrected chi connectivity index (χ3v) is 2.12. The largest absolute Gasteiger partial charge is 0.345 e. The number of rotatable bonds is 2. The number of amides is 1. The summed E-state index contributed by atoms with van der Waals surface area (Å²) in [6, 6.07) is 10.3. The van der Waals surface area contributed by atoms with Crippen LogP contribution in [0, 0.1) is 22.7 Å². The van der Waals surface area contributed by atoms with E-state index in [0.717, 1.165) is 5.56 Å². The highest BCUT2D eigenvalue weighted by Gasteiger charge is 2.06. The second-order valence-corrected chi connectivity index (χ2v) is 3.60. The molecule has 0 spiro atoms. The zero-order valence-electron chi connectivity index (χ0n) is 9.64. The molecule has 0 aromatic heterocycles.